The highest BCUT2D eigenvalue weighted by Crippen LogP contribution is 2.37. The molecule has 4 nitrogen and oxygen atoms in total. The number of hydrogen-bond donors (Lipinski definition) is 2. The van der Waals surface area contributed by atoms with E-state index in [2.05, 4.69) is 29.6 Å². The topological polar surface area (TPSA) is 66.4 Å². The van der Waals surface area contributed by atoms with Crippen molar-refractivity contribution in [2.75, 3.05) is 16.8 Å². The van der Waals surface area contributed by atoms with E-state index in [1.165, 1.54) is 22.3 Å². The van der Waals surface area contributed by atoms with Crippen LogP contribution >= 0.6 is 0 Å². The molecule has 4 rings (SSSR count). The van der Waals surface area contributed by atoms with Crippen LogP contribution in [-0.4, -0.2) is 37.2 Å². The summed E-state index contributed by atoms with van der Waals surface area (Å²) in [5.74, 6) is -0.160. The first-order valence-corrected chi connectivity index (χ1v) is 9.20. The summed E-state index contributed by atoms with van der Waals surface area (Å²) in [7, 11) is -3.13. The summed E-state index contributed by atoms with van der Waals surface area (Å²) in [5, 5.41) is 13.1. The van der Waals surface area contributed by atoms with Crippen molar-refractivity contribution in [3.05, 3.63) is 53.6 Å². The second kappa shape index (κ2) is 4.83. The van der Waals surface area contributed by atoms with Crippen LogP contribution < -0.4 is 5.32 Å². The summed E-state index contributed by atoms with van der Waals surface area (Å²) in [6.07, 6.45) is 0.0578. The Morgan fingerprint density at radius 2 is 1.77 bits per heavy atom. The summed E-state index contributed by atoms with van der Waals surface area (Å²) in [5.41, 5.74) is 5.93. The quantitative estimate of drug-likeness (QED) is 0.757. The molecule has 0 amide bonds. The van der Waals surface area contributed by atoms with Gasteiger partial charge in [-0.25, -0.2) is 8.42 Å². The SMILES string of the molecule is O=S1(=O)C[C@H](O)[C@H](Nc2ccc3c(c2)Cc2ccccc2-3)C1. The minimum atomic E-state index is -3.13. The van der Waals surface area contributed by atoms with Crippen molar-refractivity contribution in [3.8, 4) is 11.1 Å². The molecule has 0 aromatic heterocycles. The van der Waals surface area contributed by atoms with Crippen LogP contribution in [0.1, 0.15) is 11.1 Å². The second-order valence-corrected chi connectivity index (χ2v) is 8.25. The van der Waals surface area contributed by atoms with E-state index in [1.807, 2.05) is 18.2 Å². The van der Waals surface area contributed by atoms with E-state index in [9.17, 15) is 13.5 Å². The number of sulfone groups is 1. The third-order valence-corrected chi connectivity index (χ3v) is 6.18. The van der Waals surface area contributed by atoms with Gasteiger partial charge in [0.15, 0.2) is 9.84 Å². The van der Waals surface area contributed by atoms with Gasteiger partial charge in [0, 0.05) is 5.69 Å². The molecular formula is C17H17NO3S. The van der Waals surface area contributed by atoms with Gasteiger partial charge in [0.05, 0.1) is 23.7 Å². The van der Waals surface area contributed by atoms with Gasteiger partial charge in [-0.2, -0.15) is 0 Å². The van der Waals surface area contributed by atoms with Gasteiger partial charge >= 0.3 is 0 Å². The van der Waals surface area contributed by atoms with Crippen molar-refractivity contribution >= 4 is 15.5 Å². The van der Waals surface area contributed by atoms with E-state index in [1.54, 1.807) is 0 Å². The maximum atomic E-state index is 11.6. The van der Waals surface area contributed by atoms with Gasteiger partial charge in [-0.05, 0) is 40.8 Å². The van der Waals surface area contributed by atoms with Gasteiger partial charge in [-0.15, -0.1) is 0 Å². The van der Waals surface area contributed by atoms with Crippen molar-refractivity contribution in [2.45, 2.75) is 18.6 Å². The lowest BCUT2D eigenvalue weighted by Gasteiger charge is -2.17. The summed E-state index contributed by atoms with van der Waals surface area (Å²) in [6.45, 7) is 0. The van der Waals surface area contributed by atoms with Crippen molar-refractivity contribution in [3.63, 3.8) is 0 Å². The second-order valence-electron chi connectivity index (χ2n) is 6.10. The summed E-state index contributed by atoms with van der Waals surface area (Å²) < 4.78 is 23.2. The average Bonchev–Trinajstić information content (AvgIpc) is 2.95. The molecule has 0 unspecified atom stereocenters. The first-order chi connectivity index (χ1) is 10.5. The number of benzene rings is 2. The smallest absolute Gasteiger partial charge is 0.155 e. The Morgan fingerprint density at radius 3 is 2.55 bits per heavy atom. The Kier molecular flexibility index (Phi) is 3.03. The minimum absolute atomic E-state index is 0.00846. The predicted molar refractivity (Wildman–Crippen MR) is 86.8 cm³/mol. The van der Waals surface area contributed by atoms with E-state index in [4.69, 9.17) is 0 Å². The van der Waals surface area contributed by atoms with E-state index < -0.39 is 22.0 Å². The largest absolute Gasteiger partial charge is 0.390 e. The molecule has 114 valence electrons. The molecule has 2 aromatic carbocycles. The van der Waals surface area contributed by atoms with Gasteiger partial charge in [-0.1, -0.05) is 30.3 Å². The van der Waals surface area contributed by atoms with Crippen molar-refractivity contribution in [1.29, 1.82) is 0 Å². The Labute approximate surface area is 129 Å². The molecule has 1 fully saturated rings. The number of fused-ring (bicyclic) bond motifs is 3. The number of hydrogen-bond acceptors (Lipinski definition) is 4. The van der Waals surface area contributed by atoms with Crippen LogP contribution in [0.5, 0.6) is 0 Å². The zero-order valence-electron chi connectivity index (χ0n) is 12.0. The maximum Gasteiger partial charge on any atom is 0.155 e. The van der Waals surface area contributed by atoms with E-state index in [0.29, 0.717) is 0 Å². The number of rotatable bonds is 2. The highest BCUT2D eigenvalue weighted by molar-refractivity contribution is 7.91. The Balaban J connectivity index is 1.60. The number of anilines is 1. The fourth-order valence-corrected chi connectivity index (χ4v) is 5.16. The summed E-state index contributed by atoms with van der Waals surface area (Å²) in [4.78, 5) is 0. The lowest BCUT2D eigenvalue weighted by atomic mass is 10.1. The molecule has 0 spiro atoms. The van der Waals surface area contributed by atoms with Gasteiger partial charge in [0.2, 0.25) is 0 Å². The van der Waals surface area contributed by atoms with Gasteiger partial charge in [0.25, 0.3) is 0 Å². The van der Waals surface area contributed by atoms with Crippen LogP contribution in [0.2, 0.25) is 0 Å². The molecule has 2 N–H and O–H groups in total. The first kappa shape index (κ1) is 13.8. The lowest BCUT2D eigenvalue weighted by molar-refractivity contribution is 0.190. The third kappa shape index (κ3) is 2.30. The molecule has 1 aliphatic carbocycles. The van der Waals surface area contributed by atoms with Gasteiger partial charge in [0.1, 0.15) is 0 Å². The Morgan fingerprint density at radius 1 is 1.00 bits per heavy atom. The molecule has 5 heteroatoms. The van der Waals surface area contributed by atoms with Crippen LogP contribution in [0, 0.1) is 0 Å². The molecule has 0 saturated carbocycles. The predicted octanol–water partition coefficient (Wildman–Crippen LogP) is 1.83. The highest BCUT2D eigenvalue weighted by atomic mass is 32.2. The molecular weight excluding hydrogens is 298 g/mol. The van der Waals surface area contributed by atoms with Crippen molar-refractivity contribution in [1.82, 2.24) is 0 Å². The molecule has 0 bridgehead atoms. The fraction of sp³-hybridized carbons (Fsp3) is 0.294. The number of aliphatic hydroxyl groups excluding tert-OH is 1. The van der Waals surface area contributed by atoms with E-state index in [-0.39, 0.29) is 11.5 Å². The molecule has 1 heterocycles. The molecule has 1 saturated heterocycles. The van der Waals surface area contributed by atoms with Crippen molar-refractivity contribution in [2.24, 2.45) is 0 Å². The summed E-state index contributed by atoms with van der Waals surface area (Å²) >= 11 is 0. The van der Waals surface area contributed by atoms with Crippen LogP contribution in [-0.2, 0) is 16.3 Å². The molecule has 2 atom stereocenters. The Bertz CT molecular complexity index is 845. The first-order valence-electron chi connectivity index (χ1n) is 7.38. The number of nitrogens with one attached hydrogen (secondary N) is 1. The zero-order chi connectivity index (χ0) is 15.3. The molecule has 22 heavy (non-hydrogen) atoms. The van der Waals surface area contributed by atoms with Gasteiger partial charge in [-0.3, -0.25) is 0 Å². The maximum absolute atomic E-state index is 11.6. The number of aliphatic hydroxyl groups is 1. The monoisotopic (exact) mass is 315 g/mol. The Hall–Kier alpha value is -1.85. The summed E-state index contributed by atoms with van der Waals surface area (Å²) in [6, 6.07) is 14.0. The minimum Gasteiger partial charge on any atom is -0.390 e. The molecule has 1 aliphatic heterocycles. The third-order valence-electron chi connectivity index (χ3n) is 4.47. The average molecular weight is 315 g/mol. The van der Waals surface area contributed by atoms with Crippen LogP contribution in [0.25, 0.3) is 11.1 Å². The standard InChI is InChI=1S/C17H17NO3S/c19-17-10-22(20,21)9-16(17)18-13-5-6-15-12(8-13)7-11-3-1-2-4-14(11)15/h1-6,8,16-19H,7,9-10H2/t16-,17+/m1/s1. The molecule has 2 aliphatic rings. The van der Waals surface area contributed by atoms with Crippen LogP contribution in [0.15, 0.2) is 42.5 Å². The fourth-order valence-electron chi connectivity index (χ4n) is 3.42. The van der Waals surface area contributed by atoms with Gasteiger partial charge < -0.3 is 10.4 Å². The van der Waals surface area contributed by atoms with Crippen LogP contribution in [0.4, 0.5) is 5.69 Å². The normalized spacial score (nSPS) is 24.8. The lowest BCUT2D eigenvalue weighted by Crippen LogP contribution is -2.31. The molecule has 2 aromatic rings. The zero-order valence-corrected chi connectivity index (χ0v) is 12.8. The van der Waals surface area contributed by atoms with Crippen LogP contribution in [0.3, 0.4) is 0 Å². The highest BCUT2D eigenvalue weighted by Gasteiger charge is 2.36. The molecule has 0 radical (unpaired) electrons. The van der Waals surface area contributed by atoms with E-state index in [0.717, 1.165) is 12.1 Å². The van der Waals surface area contributed by atoms with E-state index >= 15 is 0 Å². The van der Waals surface area contributed by atoms with Crippen molar-refractivity contribution < 1.29 is 13.5 Å².